The van der Waals surface area contributed by atoms with Crippen molar-refractivity contribution in [2.75, 3.05) is 19.8 Å². The molecule has 0 aliphatic carbocycles. The lowest BCUT2D eigenvalue weighted by Crippen LogP contribution is -2.33. The van der Waals surface area contributed by atoms with Crippen molar-refractivity contribution in [2.24, 2.45) is 5.92 Å². The minimum Gasteiger partial charge on any atom is -0.380 e. The average Bonchev–Trinajstić information content (AvgIpc) is 2.21. The molecule has 0 aromatic heterocycles. The molecule has 1 unspecified atom stereocenters. The molecular formula is C11H22BrNO2. The van der Waals surface area contributed by atoms with Gasteiger partial charge in [-0.15, -0.1) is 0 Å². The fraction of sp³-hybridized carbons (Fsp3) is 0.909. The first-order valence-corrected chi connectivity index (χ1v) is 6.49. The summed E-state index contributed by atoms with van der Waals surface area (Å²) in [5, 5.41) is 2.81. The first kappa shape index (κ1) is 14.9. The fourth-order valence-electron chi connectivity index (χ4n) is 0.964. The molecule has 0 spiro atoms. The fourth-order valence-corrected chi connectivity index (χ4v) is 1.13. The van der Waals surface area contributed by atoms with Gasteiger partial charge in [0.15, 0.2) is 0 Å². The number of nitrogens with one attached hydrogen (secondary N) is 1. The zero-order chi connectivity index (χ0) is 11.7. The third-order valence-electron chi connectivity index (χ3n) is 2.03. The smallest absolute Gasteiger partial charge is 0.233 e. The summed E-state index contributed by atoms with van der Waals surface area (Å²) < 4.78 is 5.38. The monoisotopic (exact) mass is 279 g/mol. The predicted molar refractivity (Wildman–Crippen MR) is 66.3 cm³/mol. The van der Waals surface area contributed by atoms with E-state index in [2.05, 4.69) is 35.1 Å². The number of amides is 1. The lowest BCUT2D eigenvalue weighted by molar-refractivity contribution is -0.120. The van der Waals surface area contributed by atoms with E-state index in [9.17, 15) is 4.79 Å². The molecule has 1 atom stereocenters. The summed E-state index contributed by atoms with van der Waals surface area (Å²) in [4.78, 5) is 11.2. The number of carbonyl (C=O) groups is 1. The Balaban J connectivity index is 3.27. The van der Waals surface area contributed by atoms with Crippen LogP contribution in [0.15, 0.2) is 0 Å². The first-order chi connectivity index (χ1) is 7.07. The quantitative estimate of drug-likeness (QED) is 0.547. The Hall–Kier alpha value is -0.0900. The first-order valence-electron chi connectivity index (χ1n) is 5.57. The van der Waals surface area contributed by atoms with Crippen LogP contribution < -0.4 is 5.32 Å². The molecule has 0 rings (SSSR count). The molecule has 90 valence electrons. The zero-order valence-electron chi connectivity index (χ0n) is 9.88. The van der Waals surface area contributed by atoms with E-state index in [4.69, 9.17) is 4.74 Å². The summed E-state index contributed by atoms with van der Waals surface area (Å²) in [6, 6.07) is 0. The second-order valence-corrected chi connectivity index (χ2v) is 5.07. The van der Waals surface area contributed by atoms with Crippen LogP contribution in [0.25, 0.3) is 0 Å². The molecule has 0 saturated heterocycles. The van der Waals surface area contributed by atoms with E-state index in [0.29, 0.717) is 19.1 Å². The van der Waals surface area contributed by atoms with Crippen LogP contribution >= 0.6 is 15.9 Å². The van der Waals surface area contributed by atoms with Gasteiger partial charge in [-0.3, -0.25) is 4.79 Å². The van der Waals surface area contributed by atoms with Gasteiger partial charge in [0.25, 0.3) is 0 Å². The maximum Gasteiger partial charge on any atom is 0.233 e. The van der Waals surface area contributed by atoms with Crippen LogP contribution in [-0.2, 0) is 9.53 Å². The lowest BCUT2D eigenvalue weighted by Gasteiger charge is -2.09. The van der Waals surface area contributed by atoms with Crippen molar-refractivity contribution in [3.8, 4) is 0 Å². The Morgan fingerprint density at radius 1 is 1.40 bits per heavy atom. The number of hydrogen-bond donors (Lipinski definition) is 1. The molecule has 0 fully saturated rings. The van der Waals surface area contributed by atoms with Crippen molar-refractivity contribution >= 4 is 21.8 Å². The Morgan fingerprint density at radius 3 is 2.60 bits per heavy atom. The van der Waals surface area contributed by atoms with Crippen LogP contribution in [-0.4, -0.2) is 30.5 Å². The highest BCUT2D eigenvalue weighted by Gasteiger charge is 2.10. The van der Waals surface area contributed by atoms with Crippen molar-refractivity contribution in [1.82, 2.24) is 5.32 Å². The van der Waals surface area contributed by atoms with E-state index in [-0.39, 0.29) is 10.7 Å². The van der Waals surface area contributed by atoms with E-state index in [1.807, 2.05) is 6.92 Å². The molecule has 0 aliphatic rings. The van der Waals surface area contributed by atoms with E-state index in [0.717, 1.165) is 19.4 Å². The van der Waals surface area contributed by atoms with Gasteiger partial charge in [-0.05, 0) is 18.8 Å². The Labute approximate surface area is 101 Å². The zero-order valence-corrected chi connectivity index (χ0v) is 11.5. The Kier molecular flexibility index (Phi) is 9.10. The van der Waals surface area contributed by atoms with Crippen LogP contribution in [0.2, 0.25) is 0 Å². The molecule has 1 N–H and O–H groups in total. The Bertz CT molecular complexity index is 174. The van der Waals surface area contributed by atoms with Gasteiger partial charge in [0.05, 0.1) is 11.4 Å². The van der Waals surface area contributed by atoms with Crippen LogP contribution in [0.4, 0.5) is 0 Å². The second-order valence-electron chi connectivity index (χ2n) is 3.96. The molecule has 3 nitrogen and oxygen atoms in total. The number of rotatable bonds is 8. The third-order valence-corrected chi connectivity index (χ3v) is 3.09. The minimum absolute atomic E-state index is 0.0463. The molecule has 0 bridgehead atoms. The number of halogens is 1. The van der Waals surface area contributed by atoms with Crippen molar-refractivity contribution < 1.29 is 9.53 Å². The molecule has 0 heterocycles. The SMILES string of the molecule is CCC(Br)C(=O)NCCOCCC(C)C. The largest absolute Gasteiger partial charge is 0.380 e. The topological polar surface area (TPSA) is 38.3 Å². The maximum atomic E-state index is 11.3. The predicted octanol–water partition coefficient (Wildman–Crippen LogP) is 2.34. The van der Waals surface area contributed by atoms with Gasteiger partial charge >= 0.3 is 0 Å². The van der Waals surface area contributed by atoms with Crippen LogP contribution in [0.1, 0.15) is 33.6 Å². The van der Waals surface area contributed by atoms with E-state index in [1.165, 1.54) is 0 Å². The number of alkyl halides is 1. The van der Waals surface area contributed by atoms with Crippen molar-refractivity contribution in [3.05, 3.63) is 0 Å². The molecule has 0 aromatic carbocycles. The summed E-state index contributed by atoms with van der Waals surface area (Å²) in [6.07, 6.45) is 1.88. The van der Waals surface area contributed by atoms with Gasteiger partial charge in [0.2, 0.25) is 5.91 Å². The summed E-state index contributed by atoms with van der Waals surface area (Å²) in [5.41, 5.74) is 0. The minimum atomic E-state index is -0.0758. The van der Waals surface area contributed by atoms with Crippen molar-refractivity contribution in [3.63, 3.8) is 0 Å². The van der Waals surface area contributed by atoms with Crippen molar-refractivity contribution in [1.29, 1.82) is 0 Å². The standard InChI is InChI=1S/C11H22BrNO2/c1-4-10(12)11(14)13-6-8-15-7-5-9(2)3/h9-10H,4-8H2,1-3H3,(H,13,14). The van der Waals surface area contributed by atoms with E-state index >= 15 is 0 Å². The highest BCUT2D eigenvalue weighted by Crippen LogP contribution is 2.03. The molecule has 0 radical (unpaired) electrons. The number of carbonyl (C=O) groups excluding carboxylic acids is 1. The van der Waals surface area contributed by atoms with Crippen molar-refractivity contribution in [2.45, 2.75) is 38.4 Å². The Morgan fingerprint density at radius 2 is 2.07 bits per heavy atom. The van der Waals surface area contributed by atoms with E-state index in [1.54, 1.807) is 0 Å². The second kappa shape index (κ2) is 9.16. The molecule has 15 heavy (non-hydrogen) atoms. The van der Waals surface area contributed by atoms with Gasteiger partial charge in [-0.25, -0.2) is 0 Å². The highest BCUT2D eigenvalue weighted by molar-refractivity contribution is 9.10. The summed E-state index contributed by atoms with van der Waals surface area (Å²) >= 11 is 3.29. The maximum absolute atomic E-state index is 11.3. The van der Waals surface area contributed by atoms with Crippen LogP contribution in [0.3, 0.4) is 0 Å². The summed E-state index contributed by atoms with van der Waals surface area (Å²) in [5.74, 6) is 0.719. The highest BCUT2D eigenvalue weighted by atomic mass is 79.9. The number of hydrogen-bond acceptors (Lipinski definition) is 2. The molecule has 0 saturated carbocycles. The molecule has 4 heteroatoms. The molecule has 0 aliphatic heterocycles. The molecule has 0 aromatic rings. The van der Waals surface area contributed by atoms with Crippen LogP contribution in [0, 0.1) is 5.92 Å². The van der Waals surface area contributed by atoms with Gasteiger partial charge in [0, 0.05) is 13.2 Å². The summed E-state index contributed by atoms with van der Waals surface area (Å²) in [7, 11) is 0. The average molecular weight is 280 g/mol. The van der Waals surface area contributed by atoms with Gasteiger partial charge in [-0.1, -0.05) is 36.7 Å². The van der Waals surface area contributed by atoms with Gasteiger partial charge < -0.3 is 10.1 Å². The molecule has 1 amide bonds. The number of ether oxygens (including phenoxy) is 1. The molecular weight excluding hydrogens is 258 g/mol. The van der Waals surface area contributed by atoms with Gasteiger partial charge in [-0.2, -0.15) is 0 Å². The normalized spacial score (nSPS) is 12.9. The summed E-state index contributed by atoms with van der Waals surface area (Å²) in [6.45, 7) is 8.28. The third kappa shape index (κ3) is 8.88. The van der Waals surface area contributed by atoms with Gasteiger partial charge in [0.1, 0.15) is 0 Å². The van der Waals surface area contributed by atoms with E-state index < -0.39 is 0 Å². The lowest BCUT2D eigenvalue weighted by atomic mass is 10.1. The van der Waals surface area contributed by atoms with Crippen LogP contribution in [0.5, 0.6) is 0 Å².